The molecular formula is C13H25N7O. The van der Waals surface area contributed by atoms with Crippen molar-refractivity contribution in [2.45, 2.75) is 51.0 Å². The van der Waals surface area contributed by atoms with Crippen LogP contribution in [0.2, 0.25) is 0 Å². The van der Waals surface area contributed by atoms with Crippen LogP contribution in [-0.4, -0.2) is 39.3 Å². The van der Waals surface area contributed by atoms with Crippen molar-refractivity contribution >= 4 is 17.8 Å². The summed E-state index contributed by atoms with van der Waals surface area (Å²) >= 11 is 0. The van der Waals surface area contributed by atoms with Gasteiger partial charge in [-0.05, 0) is 32.2 Å². The summed E-state index contributed by atoms with van der Waals surface area (Å²) in [7, 11) is 0. The van der Waals surface area contributed by atoms with Crippen molar-refractivity contribution in [2.24, 2.45) is 5.73 Å². The van der Waals surface area contributed by atoms with Crippen LogP contribution in [-0.2, 0) is 0 Å². The molecule has 1 fully saturated rings. The van der Waals surface area contributed by atoms with Crippen LogP contribution in [0.3, 0.4) is 0 Å². The fourth-order valence-corrected chi connectivity index (χ4v) is 2.47. The first-order chi connectivity index (χ1) is 10.3. The third kappa shape index (κ3) is 5.31. The Morgan fingerprint density at radius 2 is 1.71 bits per heavy atom. The molecule has 0 bridgehead atoms. The van der Waals surface area contributed by atoms with Crippen molar-refractivity contribution in [3.8, 4) is 0 Å². The lowest BCUT2D eigenvalue weighted by molar-refractivity contribution is 0.382. The van der Waals surface area contributed by atoms with Crippen LogP contribution in [0.1, 0.15) is 44.9 Å². The van der Waals surface area contributed by atoms with Gasteiger partial charge in [0.1, 0.15) is 0 Å². The number of rotatable bonds is 8. The molecule has 0 atom stereocenters. The van der Waals surface area contributed by atoms with Crippen LogP contribution in [0.4, 0.5) is 17.8 Å². The number of hydrogen-bond donors (Lipinski definition) is 5. The van der Waals surface area contributed by atoms with Crippen LogP contribution in [0, 0.1) is 0 Å². The Kier molecular flexibility index (Phi) is 6.42. The molecule has 0 amide bonds. The number of hydrogen-bond acceptors (Lipinski definition) is 8. The molecule has 1 aromatic heterocycles. The Hall–Kier alpha value is -1.67. The summed E-state index contributed by atoms with van der Waals surface area (Å²) in [5, 5.41) is 15.5. The fourth-order valence-electron chi connectivity index (χ4n) is 2.47. The average molecular weight is 295 g/mol. The molecule has 1 heterocycles. The lowest BCUT2D eigenvalue weighted by Gasteiger charge is -2.22. The molecule has 21 heavy (non-hydrogen) atoms. The van der Waals surface area contributed by atoms with Crippen LogP contribution in [0.25, 0.3) is 0 Å². The monoisotopic (exact) mass is 295 g/mol. The van der Waals surface area contributed by atoms with Crippen LogP contribution in [0.5, 0.6) is 0 Å². The molecule has 118 valence electrons. The van der Waals surface area contributed by atoms with Crippen molar-refractivity contribution in [3.05, 3.63) is 0 Å². The molecule has 0 unspecified atom stereocenters. The third-order valence-corrected chi connectivity index (χ3v) is 3.59. The van der Waals surface area contributed by atoms with Crippen molar-refractivity contribution < 1.29 is 5.21 Å². The van der Waals surface area contributed by atoms with E-state index in [0.717, 1.165) is 32.2 Å². The molecule has 2 rings (SSSR count). The van der Waals surface area contributed by atoms with Gasteiger partial charge >= 0.3 is 0 Å². The van der Waals surface area contributed by atoms with E-state index >= 15 is 0 Å². The molecule has 1 aromatic rings. The Labute approximate surface area is 124 Å². The number of anilines is 3. The minimum absolute atomic E-state index is 0.143. The zero-order chi connectivity index (χ0) is 14.9. The van der Waals surface area contributed by atoms with Gasteiger partial charge in [0.05, 0.1) is 0 Å². The largest absolute Gasteiger partial charge is 0.354 e. The smallest absolute Gasteiger partial charge is 0.253 e. The van der Waals surface area contributed by atoms with Gasteiger partial charge in [0.25, 0.3) is 5.95 Å². The number of nitrogens with zero attached hydrogens (tertiary/aromatic N) is 3. The van der Waals surface area contributed by atoms with E-state index in [4.69, 9.17) is 10.9 Å². The van der Waals surface area contributed by atoms with Crippen LogP contribution >= 0.6 is 0 Å². The summed E-state index contributed by atoms with van der Waals surface area (Å²) in [4.78, 5) is 12.6. The molecule has 1 saturated carbocycles. The van der Waals surface area contributed by atoms with E-state index in [2.05, 4.69) is 25.6 Å². The minimum atomic E-state index is 0.143. The highest BCUT2D eigenvalue weighted by Crippen LogP contribution is 2.20. The quantitative estimate of drug-likeness (QED) is 0.362. The molecule has 0 aromatic carbocycles. The van der Waals surface area contributed by atoms with Gasteiger partial charge in [-0.3, -0.25) is 5.21 Å². The van der Waals surface area contributed by atoms with Gasteiger partial charge in [0.2, 0.25) is 11.9 Å². The number of nitrogens with one attached hydrogen (secondary N) is 3. The molecule has 0 aliphatic heterocycles. The van der Waals surface area contributed by atoms with Crippen LogP contribution in [0.15, 0.2) is 0 Å². The molecule has 1 aliphatic carbocycles. The summed E-state index contributed by atoms with van der Waals surface area (Å²) in [6.45, 7) is 1.42. The molecule has 8 heteroatoms. The van der Waals surface area contributed by atoms with E-state index in [1.807, 2.05) is 5.48 Å². The van der Waals surface area contributed by atoms with Gasteiger partial charge in [-0.1, -0.05) is 19.3 Å². The highest BCUT2D eigenvalue weighted by atomic mass is 16.5. The first-order valence-corrected chi connectivity index (χ1v) is 7.68. The zero-order valence-corrected chi connectivity index (χ0v) is 12.3. The molecule has 0 saturated heterocycles. The normalized spacial score (nSPS) is 15.7. The van der Waals surface area contributed by atoms with E-state index in [0.29, 0.717) is 24.5 Å². The maximum absolute atomic E-state index is 9.03. The molecule has 0 radical (unpaired) electrons. The third-order valence-electron chi connectivity index (χ3n) is 3.59. The number of aromatic nitrogens is 3. The Morgan fingerprint density at radius 1 is 1.00 bits per heavy atom. The van der Waals surface area contributed by atoms with Gasteiger partial charge in [0, 0.05) is 12.6 Å². The Bertz CT molecular complexity index is 423. The number of unbranched alkanes of at least 4 members (excludes halogenated alkanes) is 1. The predicted octanol–water partition coefficient (Wildman–Crippen LogP) is 1.57. The number of nitrogens with two attached hydrogens (primary N) is 1. The zero-order valence-electron chi connectivity index (χ0n) is 12.3. The van der Waals surface area contributed by atoms with Gasteiger partial charge in [-0.25, -0.2) is 5.48 Å². The summed E-state index contributed by atoms with van der Waals surface area (Å²) in [5.41, 5.74) is 7.44. The SMILES string of the molecule is NCCCCNc1nc(NO)nc(NC2CCCCC2)n1. The van der Waals surface area contributed by atoms with E-state index in [1.165, 1.54) is 19.3 Å². The molecular weight excluding hydrogens is 270 g/mol. The fraction of sp³-hybridized carbons (Fsp3) is 0.769. The van der Waals surface area contributed by atoms with Gasteiger partial charge in [-0.2, -0.15) is 15.0 Å². The van der Waals surface area contributed by atoms with E-state index in [-0.39, 0.29) is 5.95 Å². The van der Waals surface area contributed by atoms with Gasteiger partial charge in [0.15, 0.2) is 0 Å². The second-order valence-corrected chi connectivity index (χ2v) is 5.32. The second kappa shape index (κ2) is 8.58. The lowest BCUT2D eigenvalue weighted by Crippen LogP contribution is -2.24. The van der Waals surface area contributed by atoms with E-state index < -0.39 is 0 Å². The Balaban J connectivity index is 1.95. The van der Waals surface area contributed by atoms with Crippen LogP contribution < -0.4 is 21.8 Å². The predicted molar refractivity (Wildman–Crippen MR) is 82.5 cm³/mol. The van der Waals surface area contributed by atoms with E-state index in [9.17, 15) is 0 Å². The highest BCUT2D eigenvalue weighted by molar-refractivity contribution is 5.41. The van der Waals surface area contributed by atoms with Crippen molar-refractivity contribution in [3.63, 3.8) is 0 Å². The van der Waals surface area contributed by atoms with E-state index in [1.54, 1.807) is 0 Å². The lowest BCUT2D eigenvalue weighted by atomic mass is 9.96. The summed E-state index contributed by atoms with van der Waals surface area (Å²) in [5.74, 6) is 1.09. The molecule has 1 aliphatic rings. The average Bonchev–Trinajstić information content (AvgIpc) is 2.52. The second-order valence-electron chi connectivity index (χ2n) is 5.32. The summed E-state index contributed by atoms with van der Waals surface area (Å²) in [6, 6.07) is 0.401. The minimum Gasteiger partial charge on any atom is -0.354 e. The maximum Gasteiger partial charge on any atom is 0.253 e. The topological polar surface area (TPSA) is 121 Å². The van der Waals surface area contributed by atoms with Gasteiger partial charge in [-0.15, -0.1) is 0 Å². The maximum atomic E-state index is 9.03. The van der Waals surface area contributed by atoms with Gasteiger partial charge < -0.3 is 16.4 Å². The summed E-state index contributed by atoms with van der Waals surface area (Å²) in [6.07, 6.45) is 7.94. The van der Waals surface area contributed by atoms with Crippen molar-refractivity contribution in [1.82, 2.24) is 15.0 Å². The standard InChI is InChI=1S/C13H25N7O/c14-8-4-5-9-15-11-17-12(19-13(18-11)20-21)16-10-6-2-1-3-7-10/h10,21H,1-9,14H2,(H3,15,16,17,18,19,20). The first-order valence-electron chi connectivity index (χ1n) is 7.68. The Morgan fingerprint density at radius 3 is 2.43 bits per heavy atom. The molecule has 0 spiro atoms. The molecule has 8 nitrogen and oxygen atoms in total. The first kappa shape index (κ1) is 15.7. The summed E-state index contributed by atoms with van der Waals surface area (Å²) < 4.78 is 0. The van der Waals surface area contributed by atoms with Crippen molar-refractivity contribution in [1.29, 1.82) is 0 Å². The highest BCUT2D eigenvalue weighted by Gasteiger charge is 2.15. The van der Waals surface area contributed by atoms with Crippen molar-refractivity contribution in [2.75, 3.05) is 29.2 Å². The molecule has 6 N–H and O–H groups in total.